The number of rotatable bonds is 5. The minimum absolute atomic E-state index is 0.511. The van der Waals surface area contributed by atoms with Crippen molar-refractivity contribution in [2.45, 2.75) is 25.9 Å². The molecule has 2 rings (SSSR count). The van der Waals surface area contributed by atoms with Gasteiger partial charge in [-0.1, -0.05) is 6.07 Å². The molecule has 0 aliphatic rings. The molecule has 2 aromatic rings. The van der Waals surface area contributed by atoms with Crippen molar-refractivity contribution in [3.63, 3.8) is 0 Å². The van der Waals surface area contributed by atoms with Crippen LogP contribution in [-0.4, -0.2) is 23.0 Å². The molecule has 5 heteroatoms. The molecule has 2 N–H and O–H groups in total. The van der Waals surface area contributed by atoms with Gasteiger partial charge in [-0.05, 0) is 31.8 Å². The molecule has 0 saturated carbocycles. The first kappa shape index (κ1) is 12.5. The summed E-state index contributed by atoms with van der Waals surface area (Å²) in [7, 11) is 2.13. The van der Waals surface area contributed by atoms with Gasteiger partial charge in [0.05, 0.1) is 5.69 Å². The van der Waals surface area contributed by atoms with E-state index in [9.17, 15) is 0 Å². The second-order valence-electron chi connectivity index (χ2n) is 4.22. The molecule has 0 aliphatic carbocycles. The van der Waals surface area contributed by atoms with Crippen LogP contribution in [0.15, 0.2) is 22.9 Å². The molecule has 0 amide bonds. The first-order valence-corrected chi connectivity index (χ1v) is 7.33. The van der Waals surface area contributed by atoms with Crippen LogP contribution < -0.4 is 5.73 Å². The first-order valence-electron chi connectivity index (χ1n) is 5.57. The van der Waals surface area contributed by atoms with Crippen LogP contribution in [0.4, 0.5) is 5.13 Å². The SMILES string of the molecule is CC(Cc1cccs1)N(C)Cc1csc(N)n1. The molecule has 0 aliphatic heterocycles. The van der Waals surface area contributed by atoms with E-state index in [1.807, 2.05) is 16.7 Å². The third-order valence-corrected chi connectivity index (χ3v) is 4.43. The number of nitrogen functional groups attached to an aromatic ring is 1. The van der Waals surface area contributed by atoms with Gasteiger partial charge < -0.3 is 5.73 Å². The molecule has 0 aromatic carbocycles. The smallest absolute Gasteiger partial charge is 0.180 e. The second-order valence-corrected chi connectivity index (χ2v) is 6.15. The molecule has 0 bridgehead atoms. The van der Waals surface area contributed by atoms with Crippen LogP contribution in [0.2, 0.25) is 0 Å². The van der Waals surface area contributed by atoms with Gasteiger partial charge in [0.15, 0.2) is 5.13 Å². The molecule has 0 spiro atoms. The van der Waals surface area contributed by atoms with E-state index in [0.717, 1.165) is 18.7 Å². The Balaban J connectivity index is 1.89. The molecule has 2 aromatic heterocycles. The number of likely N-dealkylation sites (N-methyl/N-ethyl adjacent to an activating group) is 1. The Morgan fingerprint density at radius 2 is 2.29 bits per heavy atom. The number of hydrogen-bond donors (Lipinski definition) is 1. The van der Waals surface area contributed by atoms with Gasteiger partial charge in [-0.3, -0.25) is 4.90 Å². The zero-order chi connectivity index (χ0) is 12.3. The van der Waals surface area contributed by atoms with Crippen molar-refractivity contribution in [1.82, 2.24) is 9.88 Å². The number of thiazole rings is 1. The highest BCUT2D eigenvalue weighted by molar-refractivity contribution is 7.13. The van der Waals surface area contributed by atoms with Gasteiger partial charge >= 0.3 is 0 Å². The van der Waals surface area contributed by atoms with Gasteiger partial charge in [0.25, 0.3) is 0 Å². The number of aromatic nitrogens is 1. The van der Waals surface area contributed by atoms with E-state index < -0.39 is 0 Å². The highest BCUT2D eigenvalue weighted by Gasteiger charge is 2.12. The van der Waals surface area contributed by atoms with Crippen LogP contribution in [0.1, 0.15) is 17.5 Å². The summed E-state index contributed by atoms with van der Waals surface area (Å²) in [6.45, 7) is 3.11. The van der Waals surface area contributed by atoms with Crippen molar-refractivity contribution >= 4 is 27.8 Å². The lowest BCUT2D eigenvalue weighted by Crippen LogP contribution is -2.30. The summed E-state index contributed by atoms with van der Waals surface area (Å²) in [6.07, 6.45) is 1.09. The zero-order valence-corrected chi connectivity index (χ0v) is 11.7. The number of nitrogens with two attached hydrogens (primary N) is 1. The Kier molecular flexibility index (Phi) is 4.15. The van der Waals surface area contributed by atoms with E-state index in [2.05, 4.69) is 41.4 Å². The van der Waals surface area contributed by atoms with Gasteiger partial charge in [0, 0.05) is 22.8 Å². The highest BCUT2D eigenvalue weighted by atomic mass is 32.1. The lowest BCUT2D eigenvalue weighted by molar-refractivity contribution is 0.246. The van der Waals surface area contributed by atoms with Crippen molar-refractivity contribution in [2.75, 3.05) is 12.8 Å². The normalized spacial score (nSPS) is 13.1. The summed E-state index contributed by atoms with van der Waals surface area (Å²) in [5.74, 6) is 0. The van der Waals surface area contributed by atoms with Crippen LogP contribution in [-0.2, 0) is 13.0 Å². The topological polar surface area (TPSA) is 42.1 Å². The van der Waals surface area contributed by atoms with Crippen LogP contribution in [0.5, 0.6) is 0 Å². The first-order chi connectivity index (χ1) is 8.15. The summed E-state index contributed by atoms with van der Waals surface area (Å²) >= 11 is 3.32. The second kappa shape index (κ2) is 5.62. The van der Waals surface area contributed by atoms with Gasteiger partial charge in [0.2, 0.25) is 0 Å². The van der Waals surface area contributed by atoms with Crippen molar-refractivity contribution in [3.05, 3.63) is 33.5 Å². The summed E-state index contributed by atoms with van der Waals surface area (Å²) in [6, 6.07) is 4.81. The maximum Gasteiger partial charge on any atom is 0.180 e. The predicted molar refractivity (Wildman–Crippen MR) is 75.5 cm³/mol. The third kappa shape index (κ3) is 3.52. The Morgan fingerprint density at radius 3 is 2.88 bits per heavy atom. The fraction of sp³-hybridized carbons (Fsp3) is 0.417. The Hall–Kier alpha value is -0.910. The van der Waals surface area contributed by atoms with Gasteiger partial charge in [-0.15, -0.1) is 22.7 Å². The van der Waals surface area contributed by atoms with Crippen molar-refractivity contribution in [2.24, 2.45) is 0 Å². The Labute approximate surface area is 110 Å². The molecule has 92 valence electrons. The Bertz CT molecular complexity index is 450. The van der Waals surface area contributed by atoms with Crippen molar-refractivity contribution < 1.29 is 0 Å². The number of hydrogen-bond acceptors (Lipinski definition) is 5. The minimum Gasteiger partial charge on any atom is -0.375 e. The average Bonchev–Trinajstić information content (AvgIpc) is 2.90. The standard InChI is InChI=1S/C12H17N3S2/c1-9(6-11-4-3-5-16-11)15(2)7-10-8-17-12(13)14-10/h3-5,8-9H,6-7H2,1-2H3,(H2,13,14). The minimum atomic E-state index is 0.511. The summed E-state index contributed by atoms with van der Waals surface area (Å²) in [5, 5.41) is 4.81. The van der Waals surface area contributed by atoms with Gasteiger partial charge in [0.1, 0.15) is 0 Å². The highest BCUT2D eigenvalue weighted by Crippen LogP contribution is 2.17. The Morgan fingerprint density at radius 1 is 1.47 bits per heavy atom. The molecule has 2 heterocycles. The van der Waals surface area contributed by atoms with Crippen molar-refractivity contribution in [1.29, 1.82) is 0 Å². The van der Waals surface area contributed by atoms with E-state index in [1.54, 1.807) is 0 Å². The number of nitrogens with zero attached hydrogens (tertiary/aromatic N) is 2. The fourth-order valence-electron chi connectivity index (χ4n) is 1.68. The largest absolute Gasteiger partial charge is 0.375 e. The zero-order valence-electron chi connectivity index (χ0n) is 10.1. The molecule has 1 unspecified atom stereocenters. The van der Waals surface area contributed by atoms with Crippen LogP contribution in [0.3, 0.4) is 0 Å². The molecule has 3 nitrogen and oxygen atoms in total. The van der Waals surface area contributed by atoms with Crippen LogP contribution >= 0.6 is 22.7 Å². The summed E-state index contributed by atoms with van der Waals surface area (Å²) in [5.41, 5.74) is 6.69. The third-order valence-electron chi connectivity index (χ3n) is 2.81. The maximum atomic E-state index is 5.63. The fourth-order valence-corrected chi connectivity index (χ4v) is 3.06. The van der Waals surface area contributed by atoms with Crippen LogP contribution in [0, 0.1) is 0 Å². The predicted octanol–water partition coefficient (Wildman–Crippen LogP) is 2.85. The quantitative estimate of drug-likeness (QED) is 0.906. The van der Waals surface area contributed by atoms with Gasteiger partial charge in [-0.25, -0.2) is 4.98 Å². The maximum absolute atomic E-state index is 5.63. The summed E-state index contributed by atoms with van der Waals surface area (Å²) < 4.78 is 0. The number of thiophene rings is 1. The molecule has 0 fully saturated rings. The molecule has 1 atom stereocenters. The van der Waals surface area contributed by atoms with E-state index in [4.69, 9.17) is 5.73 Å². The van der Waals surface area contributed by atoms with E-state index in [-0.39, 0.29) is 0 Å². The summed E-state index contributed by atoms with van der Waals surface area (Å²) in [4.78, 5) is 8.03. The van der Waals surface area contributed by atoms with E-state index in [0.29, 0.717) is 11.2 Å². The van der Waals surface area contributed by atoms with E-state index in [1.165, 1.54) is 16.2 Å². The molecule has 17 heavy (non-hydrogen) atoms. The van der Waals surface area contributed by atoms with Crippen LogP contribution in [0.25, 0.3) is 0 Å². The lowest BCUT2D eigenvalue weighted by atomic mass is 10.2. The van der Waals surface area contributed by atoms with E-state index >= 15 is 0 Å². The average molecular weight is 267 g/mol. The molecular weight excluding hydrogens is 250 g/mol. The molecular formula is C12H17N3S2. The molecule has 0 radical (unpaired) electrons. The molecule has 0 saturated heterocycles. The number of anilines is 1. The van der Waals surface area contributed by atoms with Crippen molar-refractivity contribution in [3.8, 4) is 0 Å². The van der Waals surface area contributed by atoms with Gasteiger partial charge in [-0.2, -0.15) is 0 Å². The monoisotopic (exact) mass is 267 g/mol. The lowest BCUT2D eigenvalue weighted by Gasteiger charge is -2.23.